The second kappa shape index (κ2) is 7.78. The monoisotopic (exact) mass is 344 g/mol. The number of carbonyl (C=O) groups is 2. The van der Waals surface area contributed by atoms with Gasteiger partial charge in [-0.2, -0.15) is 10.4 Å². The Morgan fingerprint density at radius 2 is 2.20 bits per heavy atom. The molecule has 0 atom stereocenters. The number of nitrogens with one attached hydrogen (secondary N) is 2. The minimum absolute atomic E-state index is 0.0845. The third-order valence-corrected chi connectivity index (χ3v) is 3.23. The van der Waals surface area contributed by atoms with E-state index in [0.717, 1.165) is 6.20 Å². The SMILES string of the molecule is CCOC(=O)/C(C#N)=C/NNc1c(C(=O)O)cnc2c1cnn2CC. The van der Waals surface area contributed by atoms with Crippen LogP contribution in [0.5, 0.6) is 0 Å². The highest BCUT2D eigenvalue weighted by molar-refractivity contribution is 6.03. The van der Waals surface area contributed by atoms with E-state index < -0.39 is 11.9 Å². The summed E-state index contributed by atoms with van der Waals surface area (Å²) in [5, 5.41) is 22.9. The second-order valence-corrected chi connectivity index (χ2v) is 4.71. The molecule has 0 unspecified atom stereocenters. The van der Waals surface area contributed by atoms with E-state index in [-0.39, 0.29) is 23.4 Å². The molecule has 0 aliphatic rings. The highest BCUT2D eigenvalue weighted by Gasteiger charge is 2.17. The van der Waals surface area contributed by atoms with Gasteiger partial charge in [0.15, 0.2) is 11.2 Å². The molecule has 2 rings (SSSR count). The third-order valence-electron chi connectivity index (χ3n) is 3.23. The first-order valence-corrected chi connectivity index (χ1v) is 7.40. The Kier molecular flexibility index (Phi) is 5.52. The van der Waals surface area contributed by atoms with Crippen LogP contribution < -0.4 is 10.9 Å². The second-order valence-electron chi connectivity index (χ2n) is 4.71. The Balaban J connectivity index is 2.35. The fraction of sp³-hybridized carbons (Fsp3) is 0.267. The first-order chi connectivity index (χ1) is 12.0. The lowest BCUT2D eigenvalue weighted by Gasteiger charge is -2.11. The van der Waals surface area contributed by atoms with Gasteiger partial charge in [-0.15, -0.1) is 0 Å². The molecular formula is C15H16N6O4. The van der Waals surface area contributed by atoms with Crippen molar-refractivity contribution in [3.63, 3.8) is 0 Å². The van der Waals surface area contributed by atoms with Crippen molar-refractivity contribution in [3.8, 4) is 6.07 Å². The van der Waals surface area contributed by atoms with Gasteiger partial charge in [0.25, 0.3) is 0 Å². The Hall–Kier alpha value is -3.61. The number of esters is 1. The van der Waals surface area contributed by atoms with Crippen LogP contribution in [0.2, 0.25) is 0 Å². The molecule has 2 aromatic rings. The predicted molar refractivity (Wildman–Crippen MR) is 87.2 cm³/mol. The number of aromatic nitrogens is 3. The zero-order valence-electron chi connectivity index (χ0n) is 13.6. The number of nitrogens with zero attached hydrogens (tertiary/aromatic N) is 4. The van der Waals surface area contributed by atoms with Crippen LogP contribution in [0.4, 0.5) is 5.69 Å². The number of carbonyl (C=O) groups excluding carboxylic acids is 1. The number of hydrogen-bond donors (Lipinski definition) is 3. The van der Waals surface area contributed by atoms with E-state index in [1.807, 2.05) is 6.92 Å². The van der Waals surface area contributed by atoms with E-state index in [0.29, 0.717) is 17.6 Å². The summed E-state index contributed by atoms with van der Waals surface area (Å²) >= 11 is 0. The fourth-order valence-corrected chi connectivity index (χ4v) is 2.08. The average Bonchev–Trinajstić information content (AvgIpc) is 3.02. The van der Waals surface area contributed by atoms with Crippen molar-refractivity contribution in [2.24, 2.45) is 0 Å². The number of fused-ring (bicyclic) bond motifs is 1. The van der Waals surface area contributed by atoms with Crippen molar-refractivity contribution in [1.82, 2.24) is 20.2 Å². The van der Waals surface area contributed by atoms with E-state index in [1.54, 1.807) is 17.7 Å². The molecule has 0 saturated heterocycles. The summed E-state index contributed by atoms with van der Waals surface area (Å²) in [5.74, 6) is -1.96. The number of ether oxygens (including phenoxy) is 1. The van der Waals surface area contributed by atoms with Gasteiger partial charge in [-0.25, -0.2) is 19.3 Å². The maximum atomic E-state index is 11.5. The lowest BCUT2D eigenvalue weighted by atomic mass is 10.2. The van der Waals surface area contributed by atoms with Gasteiger partial charge in [-0.1, -0.05) is 0 Å². The number of rotatable bonds is 7. The molecule has 10 heteroatoms. The van der Waals surface area contributed by atoms with Crippen LogP contribution in [0.1, 0.15) is 24.2 Å². The normalized spacial score (nSPS) is 11.0. The molecule has 0 bridgehead atoms. The molecule has 10 nitrogen and oxygen atoms in total. The number of hydrazine groups is 1. The maximum Gasteiger partial charge on any atom is 0.350 e. The van der Waals surface area contributed by atoms with Crippen LogP contribution in [0.15, 0.2) is 24.2 Å². The molecule has 3 N–H and O–H groups in total. The quantitative estimate of drug-likeness (QED) is 0.290. The number of pyridine rings is 1. The van der Waals surface area contributed by atoms with E-state index in [2.05, 4.69) is 20.9 Å². The van der Waals surface area contributed by atoms with Crippen LogP contribution in [0.25, 0.3) is 11.0 Å². The molecule has 0 radical (unpaired) electrons. The van der Waals surface area contributed by atoms with Crippen molar-refractivity contribution < 1.29 is 19.4 Å². The van der Waals surface area contributed by atoms with Gasteiger partial charge in [0.1, 0.15) is 11.6 Å². The summed E-state index contributed by atoms with van der Waals surface area (Å²) in [4.78, 5) is 27.1. The maximum absolute atomic E-state index is 11.5. The van der Waals surface area contributed by atoms with Crippen LogP contribution in [-0.4, -0.2) is 38.4 Å². The molecule has 0 aromatic carbocycles. The van der Waals surface area contributed by atoms with Gasteiger partial charge < -0.3 is 15.3 Å². The molecule has 25 heavy (non-hydrogen) atoms. The van der Waals surface area contributed by atoms with E-state index in [4.69, 9.17) is 10.00 Å². The summed E-state index contributed by atoms with van der Waals surface area (Å²) in [6, 6.07) is 1.70. The van der Waals surface area contributed by atoms with Gasteiger partial charge in [0, 0.05) is 18.9 Å². The van der Waals surface area contributed by atoms with Crippen molar-refractivity contribution in [2.75, 3.05) is 12.0 Å². The minimum Gasteiger partial charge on any atom is -0.478 e. The fourth-order valence-electron chi connectivity index (χ4n) is 2.08. The molecule has 0 amide bonds. The molecule has 0 spiro atoms. The van der Waals surface area contributed by atoms with Gasteiger partial charge in [-0.3, -0.25) is 5.43 Å². The van der Waals surface area contributed by atoms with Crippen LogP contribution in [0.3, 0.4) is 0 Å². The van der Waals surface area contributed by atoms with E-state index >= 15 is 0 Å². The first kappa shape index (κ1) is 17.7. The van der Waals surface area contributed by atoms with Gasteiger partial charge in [0.2, 0.25) is 0 Å². The Morgan fingerprint density at radius 1 is 1.44 bits per heavy atom. The van der Waals surface area contributed by atoms with Crippen LogP contribution in [0, 0.1) is 11.3 Å². The largest absolute Gasteiger partial charge is 0.478 e. The van der Waals surface area contributed by atoms with E-state index in [1.165, 1.54) is 12.4 Å². The summed E-state index contributed by atoms with van der Waals surface area (Å²) in [6.07, 6.45) is 3.80. The number of carboxylic acids is 1. The Morgan fingerprint density at radius 3 is 2.80 bits per heavy atom. The predicted octanol–water partition coefficient (Wildman–Crippen LogP) is 1.04. The number of anilines is 1. The van der Waals surface area contributed by atoms with Crippen LogP contribution >= 0.6 is 0 Å². The van der Waals surface area contributed by atoms with Gasteiger partial charge >= 0.3 is 11.9 Å². The molecule has 0 aliphatic heterocycles. The Bertz CT molecular complexity index is 880. The van der Waals surface area contributed by atoms with Crippen molar-refractivity contribution in [2.45, 2.75) is 20.4 Å². The number of carboxylic acid groups (broad SMARTS) is 1. The topological polar surface area (TPSA) is 142 Å². The molecular weight excluding hydrogens is 328 g/mol. The molecule has 0 aliphatic carbocycles. The molecule has 2 heterocycles. The molecule has 2 aromatic heterocycles. The molecule has 130 valence electrons. The number of aromatic carboxylic acids is 1. The lowest BCUT2D eigenvalue weighted by molar-refractivity contribution is -0.138. The van der Waals surface area contributed by atoms with Crippen molar-refractivity contribution >= 4 is 28.7 Å². The zero-order valence-corrected chi connectivity index (χ0v) is 13.6. The van der Waals surface area contributed by atoms with Crippen molar-refractivity contribution in [3.05, 3.63) is 29.7 Å². The smallest absolute Gasteiger partial charge is 0.350 e. The highest BCUT2D eigenvalue weighted by Crippen LogP contribution is 2.25. The average molecular weight is 344 g/mol. The lowest BCUT2D eigenvalue weighted by Crippen LogP contribution is -2.20. The van der Waals surface area contributed by atoms with E-state index in [9.17, 15) is 14.7 Å². The first-order valence-electron chi connectivity index (χ1n) is 7.40. The molecule has 0 fully saturated rings. The third kappa shape index (κ3) is 3.66. The minimum atomic E-state index is -1.18. The Labute approximate surface area is 142 Å². The van der Waals surface area contributed by atoms with Gasteiger partial charge in [0.05, 0.1) is 23.9 Å². The summed E-state index contributed by atoms with van der Waals surface area (Å²) in [5.41, 5.74) is 5.60. The standard InChI is InChI=1S/C15H16N6O4/c1-3-21-13-10(8-19-21)12(11(7-17-13)14(22)23)20-18-6-9(5-16)15(24)25-4-2/h6-8,18H,3-4H2,1-2H3,(H,17,20)(H,22,23)/b9-6+. The van der Waals surface area contributed by atoms with Gasteiger partial charge in [-0.05, 0) is 13.8 Å². The summed E-state index contributed by atoms with van der Waals surface area (Å²) in [7, 11) is 0. The number of nitriles is 1. The molecule has 0 saturated carbocycles. The highest BCUT2D eigenvalue weighted by atomic mass is 16.5. The van der Waals surface area contributed by atoms with Crippen LogP contribution in [-0.2, 0) is 16.1 Å². The van der Waals surface area contributed by atoms with Crippen molar-refractivity contribution in [1.29, 1.82) is 5.26 Å². The summed E-state index contributed by atoms with van der Waals surface area (Å²) in [6.45, 7) is 4.20. The zero-order chi connectivity index (χ0) is 18.4. The summed E-state index contributed by atoms with van der Waals surface area (Å²) < 4.78 is 6.35. The number of hydrogen-bond acceptors (Lipinski definition) is 8. The number of aryl methyl sites for hydroxylation is 1.